The lowest BCUT2D eigenvalue weighted by Gasteiger charge is -2.43. The van der Waals surface area contributed by atoms with E-state index in [4.69, 9.17) is 0 Å². The highest BCUT2D eigenvalue weighted by Gasteiger charge is 2.34. The topological polar surface area (TPSA) is 47.9 Å². The Hall–Kier alpha value is -2.23. The monoisotopic (exact) mass is 281 g/mol. The largest absolute Gasteiger partial charge is 0.508 e. The molecule has 0 aromatic heterocycles. The molecule has 3 aliphatic heterocycles. The van der Waals surface area contributed by atoms with Crippen LogP contribution in [0.5, 0.6) is 5.75 Å². The van der Waals surface area contributed by atoms with Crippen molar-refractivity contribution in [3.63, 3.8) is 0 Å². The Bertz CT molecular complexity index is 660. The molecule has 0 aliphatic carbocycles. The van der Waals surface area contributed by atoms with Crippen LogP contribution in [0.1, 0.15) is 25.7 Å². The molecule has 3 aliphatic rings. The van der Waals surface area contributed by atoms with Crippen LogP contribution in [0.15, 0.2) is 52.9 Å². The zero-order valence-corrected chi connectivity index (χ0v) is 11.9. The van der Waals surface area contributed by atoms with Crippen molar-refractivity contribution in [1.82, 2.24) is 4.90 Å². The number of rotatable bonds is 2. The number of hydrogen-bond acceptors (Lipinski definition) is 4. The van der Waals surface area contributed by atoms with Gasteiger partial charge in [0, 0.05) is 42.5 Å². The molecular weight excluding hydrogens is 262 g/mol. The number of piperidine rings is 1. The van der Waals surface area contributed by atoms with E-state index in [1.165, 1.54) is 30.5 Å². The number of anilines is 1. The molecule has 21 heavy (non-hydrogen) atoms. The zero-order chi connectivity index (χ0) is 14.2. The van der Waals surface area contributed by atoms with Gasteiger partial charge >= 0.3 is 0 Å². The average Bonchev–Trinajstić information content (AvgIpc) is 2.95. The smallest absolute Gasteiger partial charge is 0.117 e. The summed E-state index contributed by atoms with van der Waals surface area (Å²) >= 11 is 0. The fraction of sp³-hybridized carbons (Fsp3) is 0.353. The lowest BCUT2D eigenvalue weighted by atomic mass is 9.90. The van der Waals surface area contributed by atoms with Gasteiger partial charge in [0.25, 0.3) is 0 Å². The molecule has 108 valence electrons. The SMILES string of the molecule is Oc1cccc(NC2=C3C=CN=C3CC3CCCCN23)c1. The molecule has 1 atom stereocenters. The molecule has 1 aromatic rings. The molecule has 4 rings (SSSR count). The van der Waals surface area contributed by atoms with Gasteiger partial charge in [-0.05, 0) is 37.5 Å². The molecular formula is C17H19N3O. The summed E-state index contributed by atoms with van der Waals surface area (Å²) in [5, 5.41) is 13.2. The van der Waals surface area contributed by atoms with Gasteiger partial charge in [0.2, 0.25) is 0 Å². The van der Waals surface area contributed by atoms with Crippen LogP contribution in [-0.4, -0.2) is 28.3 Å². The van der Waals surface area contributed by atoms with Gasteiger partial charge in [-0.1, -0.05) is 6.07 Å². The summed E-state index contributed by atoms with van der Waals surface area (Å²) in [4.78, 5) is 7.00. The summed E-state index contributed by atoms with van der Waals surface area (Å²) in [5.41, 5.74) is 3.32. The molecule has 0 radical (unpaired) electrons. The molecule has 1 aromatic carbocycles. The Balaban J connectivity index is 1.72. The number of allylic oxidation sites excluding steroid dienone is 2. The second-order valence-electron chi connectivity index (χ2n) is 5.88. The number of nitrogens with one attached hydrogen (secondary N) is 1. The van der Waals surface area contributed by atoms with E-state index in [0.717, 1.165) is 24.5 Å². The van der Waals surface area contributed by atoms with Crippen LogP contribution in [0.4, 0.5) is 5.69 Å². The van der Waals surface area contributed by atoms with Crippen molar-refractivity contribution in [2.45, 2.75) is 31.7 Å². The Morgan fingerprint density at radius 3 is 3.14 bits per heavy atom. The maximum atomic E-state index is 9.66. The molecule has 1 unspecified atom stereocenters. The van der Waals surface area contributed by atoms with Crippen molar-refractivity contribution in [2.75, 3.05) is 11.9 Å². The van der Waals surface area contributed by atoms with Crippen LogP contribution >= 0.6 is 0 Å². The Labute approximate surface area is 124 Å². The van der Waals surface area contributed by atoms with Gasteiger partial charge in [0.05, 0.1) is 5.71 Å². The molecule has 2 N–H and O–H groups in total. The van der Waals surface area contributed by atoms with Crippen LogP contribution in [0.25, 0.3) is 0 Å². The van der Waals surface area contributed by atoms with E-state index in [1.807, 2.05) is 18.3 Å². The van der Waals surface area contributed by atoms with Crippen molar-refractivity contribution in [3.05, 3.63) is 47.9 Å². The van der Waals surface area contributed by atoms with Crippen LogP contribution in [0.3, 0.4) is 0 Å². The number of fused-ring (bicyclic) bond motifs is 2. The summed E-state index contributed by atoms with van der Waals surface area (Å²) in [5.74, 6) is 1.43. The van der Waals surface area contributed by atoms with E-state index < -0.39 is 0 Å². The van der Waals surface area contributed by atoms with Gasteiger partial charge in [-0.2, -0.15) is 0 Å². The molecule has 0 spiro atoms. The lowest BCUT2D eigenvalue weighted by molar-refractivity contribution is 0.195. The number of hydrogen-bond donors (Lipinski definition) is 2. The van der Waals surface area contributed by atoms with Crippen LogP contribution < -0.4 is 5.32 Å². The molecule has 1 saturated heterocycles. The minimum atomic E-state index is 0.285. The fourth-order valence-corrected chi connectivity index (χ4v) is 3.49. The van der Waals surface area contributed by atoms with E-state index in [9.17, 15) is 5.11 Å². The number of phenols is 1. The van der Waals surface area contributed by atoms with E-state index in [2.05, 4.69) is 21.3 Å². The standard InChI is InChI=1S/C17H19N3O/c21-14-6-3-4-12(10-14)19-17-15-7-8-18-16(15)11-13-5-1-2-9-20(13)17/h3-4,6-8,10,13,19,21H,1-2,5,9,11H2. The van der Waals surface area contributed by atoms with Crippen LogP contribution in [0, 0.1) is 0 Å². The van der Waals surface area contributed by atoms with E-state index in [1.54, 1.807) is 12.1 Å². The van der Waals surface area contributed by atoms with Gasteiger partial charge in [0.15, 0.2) is 0 Å². The van der Waals surface area contributed by atoms with Crippen molar-refractivity contribution in [2.24, 2.45) is 4.99 Å². The zero-order valence-electron chi connectivity index (χ0n) is 11.9. The first-order valence-corrected chi connectivity index (χ1v) is 7.62. The molecule has 0 saturated carbocycles. The minimum Gasteiger partial charge on any atom is -0.508 e. The predicted molar refractivity (Wildman–Crippen MR) is 84.3 cm³/mol. The molecule has 4 heteroatoms. The first-order valence-electron chi connectivity index (χ1n) is 7.62. The van der Waals surface area contributed by atoms with E-state index >= 15 is 0 Å². The Morgan fingerprint density at radius 1 is 1.29 bits per heavy atom. The Kier molecular flexibility index (Phi) is 2.95. The van der Waals surface area contributed by atoms with Crippen molar-refractivity contribution < 1.29 is 5.11 Å². The summed E-state index contributed by atoms with van der Waals surface area (Å²) in [6.07, 6.45) is 8.81. The average molecular weight is 281 g/mol. The maximum absolute atomic E-state index is 9.66. The number of nitrogens with zero attached hydrogens (tertiary/aromatic N) is 2. The summed E-state index contributed by atoms with van der Waals surface area (Å²) in [6.45, 7) is 1.09. The van der Waals surface area contributed by atoms with Crippen molar-refractivity contribution in [3.8, 4) is 5.75 Å². The number of benzene rings is 1. The second-order valence-corrected chi connectivity index (χ2v) is 5.88. The van der Waals surface area contributed by atoms with Gasteiger partial charge < -0.3 is 15.3 Å². The molecule has 0 amide bonds. The fourth-order valence-electron chi connectivity index (χ4n) is 3.49. The summed E-state index contributed by atoms with van der Waals surface area (Å²) in [6, 6.07) is 7.85. The number of phenolic OH excluding ortho intramolecular Hbond substituents is 1. The van der Waals surface area contributed by atoms with Gasteiger partial charge in [-0.3, -0.25) is 4.99 Å². The minimum absolute atomic E-state index is 0.285. The highest BCUT2D eigenvalue weighted by atomic mass is 16.3. The third-order valence-corrected chi connectivity index (χ3v) is 4.49. The van der Waals surface area contributed by atoms with Gasteiger partial charge in [-0.15, -0.1) is 0 Å². The van der Waals surface area contributed by atoms with Gasteiger partial charge in [0.1, 0.15) is 11.6 Å². The van der Waals surface area contributed by atoms with Crippen LogP contribution in [0.2, 0.25) is 0 Å². The number of aromatic hydroxyl groups is 1. The van der Waals surface area contributed by atoms with Gasteiger partial charge in [-0.25, -0.2) is 0 Å². The highest BCUT2D eigenvalue weighted by molar-refractivity contribution is 6.06. The molecule has 4 nitrogen and oxygen atoms in total. The lowest BCUT2D eigenvalue weighted by Crippen LogP contribution is -2.46. The molecule has 0 bridgehead atoms. The van der Waals surface area contributed by atoms with E-state index in [0.29, 0.717) is 6.04 Å². The molecule has 1 fully saturated rings. The predicted octanol–water partition coefficient (Wildman–Crippen LogP) is 3.24. The first kappa shape index (κ1) is 12.5. The van der Waals surface area contributed by atoms with Crippen LogP contribution in [-0.2, 0) is 0 Å². The maximum Gasteiger partial charge on any atom is 0.117 e. The second kappa shape index (κ2) is 4.95. The summed E-state index contributed by atoms with van der Waals surface area (Å²) < 4.78 is 0. The number of aliphatic imine (C=N–C) groups is 1. The quantitative estimate of drug-likeness (QED) is 0.875. The van der Waals surface area contributed by atoms with E-state index in [-0.39, 0.29) is 5.75 Å². The third-order valence-electron chi connectivity index (χ3n) is 4.49. The first-order chi connectivity index (χ1) is 10.3. The highest BCUT2D eigenvalue weighted by Crippen LogP contribution is 2.34. The van der Waals surface area contributed by atoms with Crippen molar-refractivity contribution in [1.29, 1.82) is 0 Å². The Morgan fingerprint density at radius 2 is 2.24 bits per heavy atom. The van der Waals surface area contributed by atoms with Crippen molar-refractivity contribution >= 4 is 11.4 Å². The molecule has 3 heterocycles. The third kappa shape index (κ3) is 2.20. The normalized spacial score (nSPS) is 23.7. The summed E-state index contributed by atoms with van der Waals surface area (Å²) in [7, 11) is 0.